The van der Waals surface area contributed by atoms with Crippen LogP contribution in [-0.2, 0) is 37.8 Å². The predicted molar refractivity (Wildman–Crippen MR) is 198 cm³/mol. The summed E-state index contributed by atoms with van der Waals surface area (Å²) in [5.74, 6) is 0.0657. The van der Waals surface area contributed by atoms with Crippen molar-refractivity contribution in [2.75, 3.05) is 31.7 Å². The summed E-state index contributed by atoms with van der Waals surface area (Å²) < 4.78 is 41.4. The van der Waals surface area contributed by atoms with E-state index in [2.05, 4.69) is 21.8 Å². The summed E-state index contributed by atoms with van der Waals surface area (Å²) in [4.78, 5) is 28.5. The average molecular weight is 719 g/mol. The van der Waals surface area contributed by atoms with Gasteiger partial charge in [0.1, 0.15) is 11.4 Å². The number of fused-ring (bicyclic) bond motifs is 3. The molecule has 3 aromatic carbocycles. The third kappa shape index (κ3) is 7.23. The monoisotopic (exact) mass is 718 g/mol. The molecule has 1 aliphatic heterocycles. The van der Waals surface area contributed by atoms with Gasteiger partial charge in [-0.1, -0.05) is 61.0 Å². The number of carbonyl (C=O) groups excluding carboxylic acids is 2. The molecule has 5 atom stereocenters. The molecule has 1 saturated carbocycles. The number of halogens is 1. The number of carbonyl (C=O) groups is 2. The van der Waals surface area contributed by atoms with E-state index in [4.69, 9.17) is 21.1 Å². The van der Waals surface area contributed by atoms with E-state index in [0.29, 0.717) is 30.5 Å². The fraction of sp³-hybridized carbons (Fsp3) is 0.450. The number of aryl methyl sites for hydroxylation is 1. The van der Waals surface area contributed by atoms with Gasteiger partial charge >= 0.3 is 0 Å². The van der Waals surface area contributed by atoms with Gasteiger partial charge in [-0.25, -0.2) is 13.1 Å². The van der Waals surface area contributed by atoms with E-state index < -0.39 is 26.8 Å². The largest absolute Gasteiger partial charge is 0.490 e. The molecule has 1 N–H and O–H groups in total. The summed E-state index contributed by atoms with van der Waals surface area (Å²) in [7, 11) is -2.37. The summed E-state index contributed by atoms with van der Waals surface area (Å²) >= 11 is 6.44. The summed E-state index contributed by atoms with van der Waals surface area (Å²) in [6.45, 7) is 5.33. The number of rotatable bonds is 12. The number of nitrogens with one attached hydrogen (secondary N) is 1. The van der Waals surface area contributed by atoms with Crippen molar-refractivity contribution in [3.8, 4) is 5.75 Å². The number of methoxy groups -OCH3 is 1. The highest BCUT2D eigenvalue weighted by molar-refractivity contribution is 7.90. The number of hydrogen-bond donors (Lipinski definition) is 1. The van der Waals surface area contributed by atoms with Crippen LogP contribution in [0.2, 0.25) is 5.02 Å². The van der Waals surface area contributed by atoms with Gasteiger partial charge in [0.25, 0.3) is 5.91 Å². The maximum atomic E-state index is 13.6. The van der Waals surface area contributed by atoms with Gasteiger partial charge in [0.05, 0.1) is 17.5 Å². The molecule has 3 aliphatic rings. The van der Waals surface area contributed by atoms with Crippen molar-refractivity contribution in [2.45, 2.75) is 75.1 Å². The van der Waals surface area contributed by atoms with Crippen molar-refractivity contribution < 1.29 is 27.5 Å². The van der Waals surface area contributed by atoms with Crippen LogP contribution in [0.1, 0.15) is 73.0 Å². The zero-order valence-electron chi connectivity index (χ0n) is 29.1. The highest BCUT2D eigenvalue weighted by atomic mass is 35.5. The number of amides is 1. The molecule has 0 bridgehead atoms. The molecule has 1 spiro atoms. The second kappa shape index (κ2) is 14.9. The van der Waals surface area contributed by atoms with Crippen LogP contribution in [0.15, 0.2) is 78.9 Å². The molecule has 8 nitrogen and oxygen atoms in total. The summed E-state index contributed by atoms with van der Waals surface area (Å²) in [6.07, 6.45) is 10.5. The molecule has 3 aromatic rings. The van der Waals surface area contributed by atoms with Gasteiger partial charge in [0, 0.05) is 42.1 Å². The minimum atomic E-state index is -3.97. The Morgan fingerprint density at radius 2 is 1.96 bits per heavy atom. The van der Waals surface area contributed by atoms with E-state index in [-0.39, 0.29) is 29.2 Å². The number of sulfonamides is 1. The van der Waals surface area contributed by atoms with Gasteiger partial charge in [-0.3, -0.25) is 9.59 Å². The molecule has 1 amide bonds. The van der Waals surface area contributed by atoms with E-state index in [1.165, 1.54) is 11.1 Å². The van der Waals surface area contributed by atoms with Crippen molar-refractivity contribution in [1.82, 2.24) is 4.72 Å². The number of allylic oxidation sites excluding steroid dienone is 1. The van der Waals surface area contributed by atoms with E-state index >= 15 is 0 Å². The molecule has 50 heavy (non-hydrogen) atoms. The van der Waals surface area contributed by atoms with Crippen LogP contribution in [0.3, 0.4) is 0 Å². The Hall–Kier alpha value is -3.66. The first-order chi connectivity index (χ1) is 24.0. The molecule has 1 heterocycles. The Balaban J connectivity index is 1.33. The van der Waals surface area contributed by atoms with Gasteiger partial charge in [-0.05, 0) is 111 Å². The van der Waals surface area contributed by atoms with Gasteiger partial charge < -0.3 is 14.4 Å². The van der Waals surface area contributed by atoms with Crippen molar-refractivity contribution >= 4 is 39.5 Å². The number of hydrogen-bond acceptors (Lipinski definition) is 7. The zero-order chi connectivity index (χ0) is 35.5. The topological polar surface area (TPSA) is 102 Å². The Morgan fingerprint density at radius 3 is 2.66 bits per heavy atom. The molecule has 2 aliphatic carbocycles. The van der Waals surface area contributed by atoms with E-state index in [9.17, 15) is 18.0 Å². The second-order valence-corrected chi connectivity index (χ2v) is 16.7. The molecule has 1 fully saturated rings. The summed E-state index contributed by atoms with van der Waals surface area (Å²) in [5, 5.41) is -0.105. The second-order valence-electron chi connectivity index (χ2n) is 14.2. The van der Waals surface area contributed by atoms with Crippen LogP contribution in [0, 0.1) is 11.8 Å². The van der Waals surface area contributed by atoms with Crippen LogP contribution in [0.25, 0.3) is 0 Å². The van der Waals surface area contributed by atoms with E-state index in [0.717, 1.165) is 56.1 Å². The smallest absolute Gasteiger partial charge is 0.264 e. The first kappa shape index (κ1) is 36.1. The van der Waals surface area contributed by atoms with Crippen LogP contribution in [0.5, 0.6) is 5.75 Å². The number of nitrogens with zero attached hydrogens (tertiary/aromatic N) is 1. The Morgan fingerprint density at radius 1 is 1.16 bits per heavy atom. The number of aldehydes is 1. The Kier molecular flexibility index (Phi) is 10.8. The van der Waals surface area contributed by atoms with Crippen LogP contribution >= 0.6 is 11.6 Å². The quantitative estimate of drug-likeness (QED) is 0.158. The van der Waals surface area contributed by atoms with Crippen LogP contribution in [0.4, 0.5) is 5.69 Å². The predicted octanol–water partition coefficient (Wildman–Crippen LogP) is 7.08. The van der Waals surface area contributed by atoms with E-state index in [1.54, 1.807) is 32.2 Å². The molecule has 0 saturated heterocycles. The Bertz CT molecular complexity index is 1850. The van der Waals surface area contributed by atoms with Crippen molar-refractivity contribution in [3.05, 3.63) is 106 Å². The fourth-order valence-corrected chi connectivity index (χ4v) is 9.27. The third-order valence-electron chi connectivity index (χ3n) is 11.0. The van der Waals surface area contributed by atoms with Crippen LogP contribution in [-0.4, -0.2) is 58.3 Å². The first-order valence-electron chi connectivity index (χ1n) is 17.6. The lowest BCUT2D eigenvalue weighted by Crippen LogP contribution is -2.53. The number of anilines is 1. The van der Waals surface area contributed by atoms with Crippen LogP contribution < -0.4 is 14.4 Å². The standard InChI is InChI=1S/C40H47ClN2O6S/c1-4-5-20-40(26-44,48-3)35-16-13-32(35)24-43-25-39(19-9-12-30-22-33(41)15-17-34(30)39)27-49-37-18-14-31(23-36(37)43)38(45)42-50(46,47)28(2)21-29-10-7-6-8-11-29/h5-8,10-11,14-15,17-18,20,22-23,26,28,32,35H,4,9,12-13,16,19,21,24-25,27H2,1-3H3,(H,42,45)/b20-5+/t28-,32+,35-,39+,40+/m1/s1. The lowest BCUT2D eigenvalue weighted by atomic mass is 9.64. The maximum Gasteiger partial charge on any atom is 0.264 e. The molecule has 0 unspecified atom stereocenters. The minimum Gasteiger partial charge on any atom is -0.490 e. The first-order valence-corrected chi connectivity index (χ1v) is 19.6. The summed E-state index contributed by atoms with van der Waals surface area (Å²) in [6, 6.07) is 20.6. The van der Waals surface area contributed by atoms with Crippen molar-refractivity contribution in [3.63, 3.8) is 0 Å². The molecule has 0 radical (unpaired) electrons. The molecular formula is C40H47ClN2O6S. The van der Waals surface area contributed by atoms with Crippen molar-refractivity contribution in [1.29, 1.82) is 0 Å². The SMILES string of the molecule is CC/C=C/[C@@](C=O)(OC)[C@@H]1CC[C@H]1CN1C[C@@]2(CCCc3cc(Cl)ccc32)COc2ccc(C(=O)NS(=O)(=O)[C@H](C)Cc3ccccc3)cc21. The normalized spacial score (nSPS) is 23.5. The van der Waals surface area contributed by atoms with Crippen molar-refractivity contribution in [2.24, 2.45) is 11.8 Å². The fourth-order valence-electron chi connectivity index (χ4n) is 8.08. The number of ether oxygens (including phenoxy) is 2. The molecule has 6 rings (SSSR count). The molecular weight excluding hydrogens is 672 g/mol. The lowest BCUT2D eigenvalue weighted by Gasteiger charge is -2.48. The van der Waals surface area contributed by atoms with Gasteiger partial charge in [0.15, 0.2) is 6.29 Å². The molecule has 266 valence electrons. The Labute approximate surface area is 301 Å². The van der Waals surface area contributed by atoms with Gasteiger partial charge in [0.2, 0.25) is 10.0 Å². The van der Waals surface area contributed by atoms with Gasteiger partial charge in [-0.15, -0.1) is 0 Å². The zero-order valence-corrected chi connectivity index (χ0v) is 30.6. The lowest BCUT2D eigenvalue weighted by molar-refractivity contribution is -0.135. The van der Waals surface area contributed by atoms with Gasteiger partial charge in [-0.2, -0.15) is 0 Å². The highest BCUT2D eigenvalue weighted by Crippen LogP contribution is 2.48. The minimum absolute atomic E-state index is 0.0171. The molecule has 10 heteroatoms. The summed E-state index contributed by atoms with van der Waals surface area (Å²) in [5.41, 5.74) is 2.94. The number of benzene rings is 3. The van der Waals surface area contributed by atoms with E-state index in [1.807, 2.05) is 55.5 Å². The molecule has 0 aromatic heterocycles. The maximum absolute atomic E-state index is 13.6. The highest BCUT2D eigenvalue weighted by Gasteiger charge is 2.49. The third-order valence-corrected chi connectivity index (χ3v) is 13.0. The average Bonchev–Trinajstić information content (AvgIpc) is 3.25.